The summed E-state index contributed by atoms with van der Waals surface area (Å²) >= 11 is 1.21. The van der Waals surface area contributed by atoms with Gasteiger partial charge in [0.1, 0.15) is 9.71 Å². The first-order chi connectivity index (χ1) is 14.4. The quantitative estimate of drug-likeness (QED) is 0.552. The lowest BCUT2D eigenvalue weighted by Crippen LogP contribution is -2.22. The topological polar surface area (TPSA) is 80.8 Å². The first-order valence-electron chi connectivity index (χ1n) is 9.49. The third kappa shape index (κ3) is 5.02. The number of esters is 1. The van der Waals surface area contributed by atoms with Crippen LogP contribution in [0.1, 0.15) is 31.3 Å². The Balaban J connectivity index is 1.92. The summed E-state index contributed by atoms with van der Waals surface area (Å²) in [6.07, 6.45) is 0. The Kier molecular flexibility index (Phi) is 7.15. The van der Waals surface area contributed by atoms with Crippen molar-refractivity contribution in [3.8, 4) is 0 Å². The maximum absolute atomic E-state index is 12.7. The Morgan fingerprint density at radius 3 is 2.53 bits per heavy atom. The molecule has 1 N–H and O–H groups in total. The molecule has 2 heterocycles. The highest BCUT2D eigenvalue weighted by atomic mass is 32.1. The lowest BCUT2D eigenvalue weighted by Gasteiger charge is -2.15. The SMILES string of the molecule is COCCN(C)Cc1ccc2c(NC(=O)c3ccc(C)cc3)c(C(=O)OC)sc2n1. The van der Waals surface area contributed by atoms with Crippen LogP contribution in [0.15, 0.2) is 36.4 Å². The average Bonchev–Trinajstić information content (AvgIpc) is 3.09. The van der Waals surface area contributed by atoms with Crippen LogP contribution in [0.3, 0.4) is 0 Å². The summed E-state index contributed by atoms with van der Waals surface area (Å²) in [4.78, 5) is 32.9. The molecule has 2 aromatic heterocycles. The normalized spacial score (nSPS) is 11.1. The van der Waals surface area contributed by atoms with Crippen molar-refractivity contribution in [2.75, 3.05) is 39.7 Å². The van der Waals surface area contributed by atoms with Gasteiger partial charge in [-0.3, -0.25) is 9.69 Å². The van der Waals surface area contributed by atoms with E-state index >= 15 is 0 Å². The number of thiophene rings is 1. The van der Waals surface area contributed by atoms with Gasteiger partial charge in [0.15, 0.2) is 0 Å². The number of amides is 1. The largest absolute Gasteiger partial charge is 0.465 e. The fourth-order valence-corrected chi connectivity index (χ4v) is 4.02. The molecule has 8 heteroatoms. The molecule has 0 radical (unpaired) electrons. The molecule has 0 unspecified atom stereocenters. The average molecular weight is 428 g/mol. The molecule has 1 amide bonds. The van der Waals surface area contributed by atoms with E-state index in [4.69, 9.17) is 9.47 Å². The molecule has 0 atom stereocenters. The second-order valence-corrected chi connectivity index (χ2v) is 8.00. The molecular weight excluding hydrogens is 402 g/mol. The predicted molar refractivity (Wildman–Crippen MR) is 118 cm³/mol. The minimum atomic E-state index is -0.504. The van der Waals surface area contributed by atoms with Crippen molar-refractivity contribution in [1.29, 1.82) is 0 Å². The van der Waals surface area contributed by atoms with Gasteiger partial charge in [-0.05, 0) is 38.2 Å². The Hall–Kier alpha value is -2.81. The number of carbonyl (C=O) groups excluding carboxylic acids is 2. The van der Waals surface area contributed by atoms with E-state index in [-0.39, 0.29) is 5.91 Å². The van der Waals surface area contributed by atoms with Crippen LogP contribution in [0.4, 0.5) is 5.69 Å². The van der Waals surface area contributed by atoms with Crippen LogP contribution in [0.5, 0.6) is 0 Å². The van der Waals surface area contributed by atoms with Gasteiger partial charge < -0.3 is 14.8 Å². The van der Waals surface area contributed by atoms with Gasteiger partial charge in [-0.25, -0.2) is 9.78 Å². The van der Waals surface area contributed by atoms with Crippen LogP contribution in [0.25, 0.3) is 10.2 Å². The number of carbonyl (C=O) groups is 2. The number of pyridine rings is 1. The van der Waals surface area contributed by atoms with Gasteiger partial charge in [-0.15, -0.1) is 11.3 Å². The van der Waals surface area contributed by atoms with Crippen LogP contribution in [-0.4, -0.2) is 56.2 Å². The Labute approximate surface area is 179 Å². The summed E-state index contributed by atoms with van der Waals surface area (Å²) in [5, 5.41) is 3.59. The van der Waals surface area contributed by atoms with E-state index in [1.54, 1.807) is 19.2 Å². The number of nitrogens with one attached hydrogen (secondary N) is 1. The van der Waals surface area contributed by atoms with E-state index in [1.807, 2.05) is 38.2 Å². The maximum Gasteiger partial charge on any atom is 0.350 e. The van der Waals surface area contributed by atoms with E-state index in [0.717, 1.165) is 17.8 Å². The van der Waals surface area contributed by atoms with Crippen molar-refractivity contribution in [3.05, 3.63) is 58.1 Å². The van der Waals surface area contributed by atoms with Gasteiger partial charge in [-0.1, -0.05) is 17.7 Å². The minimum Gasteiger partial charge on any atom is -0.465 e. The zero-order valence-corrected chi connectivity index (χ0v) is 18.3. The molecular formula is C22H25N3O4S. The zero-order valence-electron chi connectivity index (χ0n) is 17.5. The number of likely N-dealkylation sites (N-methyl/N-ethyl adjacent to an activating group) is 1. The van der Waals surface area contributed by atoms with Crippen molar-refractivity contribution in [2.45, 2.75) is 13.5 Å². The number of rotatable bonds is 8. The maximum atomic E-state index is 12.7. The minimum absolute atomic E-state index is 0.289. The first-order valence-corrected chi connectivity index (χ1v) is 10.3. The van der Waals surface area contributed by atoms with Crippen LogP contribution in [-0.2, 0) is 16.0 Å². The number of aromatic nitrogens is 1. The molecule has 0 fully saturated rings. The molecule has 0 aliphatic heterocycles. The summed E-state index contributed by atoms with van der Waals surface area (Å²) in [6, 6.07) is 11.0. The van der Waals surface area contributed by atoms with E-state index in [1.165, 1.54) is 18.4 Å². The Morgan fingerprint density at radius 1 is 1.13 bits per heavy atom. The van der Waals surface area contributed by atoms with Crippen LogP contribution in [0, 0.1) is 6.92 Å². The third-order valence-corrected chi connectivity index (χ3v) is 5.72. The molecule has 1 aromatic carbocycles. The number of hydrogen-bond donors (Lipinski definition) is 1. The second-order valence-electron chi connectivity index (χ2n) is 7.00. The van der Waals surface area contributed by atoms with Gasteiger partial charge in [0.25, 0.3) is 5.91 Å². The summed E-state index contributed by atoms with van der Waals surface area (Å²) in [6.45, 7) is 4.03. The molecule has 30 heavy (non-hydrogen) atoms. The van der Waals surface area contributed by atoms with Crippen molar-refractivity contribution < 1.29 is 19.1 Å². The molecule has 0 bridgehead atoms. The van der Waals surface area contributed by atoms with Crippen LogP contribution < -0.4 is 5.32 Å². The Morgan fingerprint density at radius 2 is 1.87 bits per heavy atom. The molecule has 3 aromatic rings. The molecule has 158 valence electrons. The van der Waals surface area contributed by atoms with Gasteiger partial charge in [-0.2, -0.15) is 0 Å². The van der Waals surface area contributed by atoms with E-state index in [2.05, 4.69) is 15.2 Å². The van der Waals surface area contributed by atoms with Crippen LogP contribution in [0.2, 0.25) is 0 Å². The standard InChI is InChI=1S/C22H25N3O4S/c1-14-5-7-15(8-6-14)20(26)24-18-17-10-9-16(13-25(2)11-12-28-3)23-21(17)30-19(18)22(27)29-4/h5-10H,11-13H2,1-4H3,(H,24,26). The predicted octanol–water partition coefficient (Wildman–Crippen LogP) is 3.72. The summed E-state index contributed by atoms with van der Waals surface area (Å²) in [5.41, 5.74) is 2.88. The van der Waals surface area contributed by atoms with Crippen molar-refractivity contribution in [1.82, 2.24) is 9.88 Å². The first kappa shape index (κ1) is 21.9. The van der Waals surface area contributed by atoms with Crippen molar-refractivity contribution >= 4 is 39.1 Å². The molecule has 7 nitrogen and oxygen atoms in total. The van der Waals surface area contributed by atoms with Crippen molar-refractivity contribution in [2.24, 2.45) is 0 Å². The van der Waals surface area contributed by atoms with E-state index < -0.39 is 5.97 Å². The molecule has 0 saturated heterocycles. The summed E-state index contributed by atoms with van der Waals surface area (Å²) < 4.78 is 10.0. The van der Waals surface area contributed by atoms with Gasteiger partial charge in [0.2, 0.25) is 0 Å². The highest BCUT2D eigenvalue weighted by Gasteiger charge is 2.22. The number of methoxy groups -OCH3 is 2. The lowest BCUT2D eigenvalue weighted by atomic mass is 10.1. The molecule has 3 rings (SSSR count). The highest BCUT2D eigenvalue weighted by Crippen LogP contribution is 2.36. The van der Waals surface area contributed by atoms with Gasteiger partial charge in [0, 0.05) is 31.1 Å². The lowest BCUT2D eigenvalue weighted by molar-refractivity contribution is 0.0607. The van der Waals surface area contributed by atoms with E-state index in [0.29, 0.717) is 39.5 Å². The number of benzene rings is 1. The summed E-state index contributed by atoms with van der Waals surface area (Å²) in [7, 11) is 4.99. The molecule has 0 spiro atoms. The van der Waals surface area contributed by atoms with Crippen LogP contribution >= 0.6 is 11.3 Å². The molecule has 0 aliphatic carbocycles. The van der Waals surface area contributed by atoms with Crippen molar-refractivity contribution in [3.63, 3.8) is 0 Å². The van der Waals surface area contributed by atoms with Gasteiger partial charge >= 0.3 is 5.97 Å². The fourth-order valence-electron chi connectivity index (χ4n) is 2.96. The highest BCUT2D eigenvalue weighted by molar-refractivity contribution is 7.21. The zero-order chi connectivity index (χ0) is 21.7. The number of fused-ring (bicyclic) bond motifs is 1. The second kappa shape index (κ2) is 9.80. The smallest absolute Gasteiger partial charge is 0.350 e. The number of hydrogen-bond acceptors (Lipinski definition) is 7. The molecule has 0 aliphatic rings. The van der Waals surface area contributed by atoms with E-state index in [9.17, 15) is 9.59 Å². The Bertz CT molecular complexity index is 1050. The third-order valence-electron chi connectivity index (χ3n) is 4.65. The number of aryl methyl sites for hydroxylation is 1. The number of anilines is 1. The number of nitrogens with zero attached hydrogens (tertiary/aromatic N) is 2. The monoisotopic (exact) mass is 427 g/mol. The fraction of sp³-hybridized carbons (Fsp3) is 0.318. The molecule has 0 saturated carbocycles. The van der Waals surface area contributed by atoms with Gasteiger partial charge in [0.05, 0.1) is 25.1 Å². The summed E-state index contributed by atoms with van der Waals surface area (Å²) in [5.74, 6) is -0.792. The number of ether oxygens (including phenoxy) is 2.